The van der Waals surface area contributed by atoms with E-state index < -0.39 is 22.9 Å². The van der Waals surface area contributed by atoms with Gasteiger partial charge in [0.2, 0.25) is 0 Å². The van der Waals surface area contributed by atoms with Crippen LogP contribution in [0.5, 0.6) is 0 Å². The second kappa shape index (κ2) is 6.37. The first-order chi connectivity index (χ1) is 9.20. The molecule has 0 saturated carbocycles. The van der Waals surface area contributed by atoms with Gasteiger partial charge in [0, 0.05) is 19.1 Å². The lowest BCUT2D eigenvalue weighted by atomic mass is 10.1. The molecule has 0 aliphatic carbocycles. The molecule has 1 amide bonds. The van der Waals surface area contributed by atoms with Crippen molar-refractivity contribution in [3.05, 3.63) is 28.0 Å². The van der Waals surface area contributed by atoms with Gasteiger partial charge in [0.1, 0.15) is 10.8 Å². The predicted octanol–water partition coefficient (Wildman–Crippen LogP) is 2.66. The number of likely N-dealkylation sites (tertiary alicyclic amines) is 1. The van der Waals surface area contributed by atoms with Gasteiger partial charge in [-0.25, -0.2) is 4.98 Å². The number of alkyl halides is 3. The van der Waals surface area contributed by atoms with Crippen LogP contribution in [0.3, 0.4) is 0 Å². The van der Waals surface area contributed by atoms with Gasteiger partial charge in [-0.3, -0.25) is 4.79 Å². The summed E-state index contributed by atoms with van der Waals surface area (Å²) < 4.78 is 37.8. The minimum atomic E-state index is -4.59. The van der Waals surface area contributed by atoms with E-state index in [-0.39, 0.29) is 29.6 Å². The Balaban J connectivity index is 0.00000220. The molecule has 1 fully saturated rings. The van der Waals surface area contributed by atoms with E-state index in [2.05, 4.69) is 4.98 Å². The molecular weight excluding hydrogens is 330 g/mol. The maximum absolute atomic E-state index is 12.6. The van der Waals surface area contributed by atoms with Crippen LogP contribution in [-0.2, 0) is 6.18 Å². The Morgan fingerprint density at radius 3 is 2.57 bits per heavy atom. The molecular formula is C12H14Cl2F3N3O. The molecule has 2 rings (SSSR count). The van der Waals surface area contributed by atoms with E-state index in [1.54, 1.807) is 0 Å². The van der Waals surface area contributed by atoms with E-state index in [4.69, 9.17) is 17.3 Å². The van der Waals surface area contributed by atoms with Gasteiger partial charge >= 0.3 is 6.18 Å². The fraction of sp³-hybridized carbons (Fsp3) is 0.500. The van der Waals surface area contributed by atoms with Crippen molar-refractivity contribution >= 4 is 29.9 Å². The summed E-state index contributed by atoms with van der Waals surface area (Å²) in [6, 6.07) is 0.718. The Bertz CT molecular complexity index is 528. The third-order valence-corrected chi connectivity index (χ3v) is 3.46. The Kier molecular flexibility index (Phi) is 5.46. The Hall–Kier alpha value is -1.05. The van der Waals surface area contributed by atoms with Gasteiger partial charge in [0.05, 0.1) is 5.56 Å². The monoisotopic (exact) mass is 343 g/mol. The highest BCUT2D eigenvalue weighted by molar-refractivity contribution is 6.32. The van der Waals surface area contributed by atoms with Crippen LogP contribution in [0, 0.1) is 6.92 Å². The zero-order valence-electron chi connectivity index (χ0n) is 11.1. The van der Waals surface area contributed by atoms with E-state index in [0.29, 0.717) is 19.5 Å². The van der Waals surface area contributed by atoms with Crippen molar-refractivity contribution in [1.29, 1.82) is 0 Å². The molecule has 9 heteroatoms. The number of aryl methyl sites for hydroxylation is 1. The summed E-state index contributed by atoms with van der Waals surface area (Å²) in [6.45, 7) is 2.25. The normalized spacial score (nSPS) is 18.6. The van der Waals surface area contributed by atoms with Crippen LogP contribution in [-0.4, -0.2) is 34.9 Å². The molecule has 21 heavy (non-hydrogen) atoms. The minimum Gasteiger partial charge on any atom is -0.337 e. The number of carbonyl (C=O) groups is 1. The molecule has 1 saturated heterocycles. The number of amides is 1. The average Bonchev–Trinajstić information content (AvgIpc) is 2.73. The predicted molar refractivity (Wildman–Crippen MR) is 74.7 cm³/mol. The van der Waals surface area contributed by atoms with Gasteiger partial charge in [0.15, 0.2) is 0 Å². The number of halogens is 5. The molecule has 1 aromatic heterocycles. The SMILES string of the molecule is Cc1cc(C(F)(F)F)nc(Cl)c1C(=O)N1CC[C@H](N)C1.Cl. The standard InChI is InChI=1S/C12H13ClF3N3O.ClH/c1-6-4-8(12(14,15)16)18-10(13)9(6)11(20)19-3-2-7(17)5-19;/h4,7H,2-3,5,17H2,1H3;1H/t7-;/m0./s1. The van der Waals surface area contributed by atoms with Gasteiger partial charge < -0.3 is 10.6 Å². The van der Waals surface area contributed by atoms with E-state index in [1.165, 1.54) is 11.8 Å². The smallest absolute Gasteiger partial charge is 0.337 e. The van der Waals surface area contributed by atoms with Crippen LogP contribution in [0.25, 0.3) is 0 Å². The van der Waals surface area contributed by atoms with Crippen molar-refractivity contribution in [1.82, 2.24) is 9.88 Å². The highest BCUT2D eigenvalue weighted by atomic mass is 35.5. The van der Waals surface area contributed by atoms with E-state index in [0.717, 1.165) is 6.07 Å². The van der Waals surface area contributed by atoms with Gasteiger partial charge in [-0.2, -0.15) is 13.2 Å². The Morgan fingerprint density at radius 2 is 2.14 bits per heavy atom. The van der Waals surface area contributed by atoms with Gasteiger partial charge in [-0.15, -0.1) is 12.4 Å². The molecule has 0 radical (unpaired) electrons. The summed E-state index contributed by atoms with van der Waals surface area (Å²) >= 11 is 5.76. The molecule has 4 nitrogen and oxygen atoms in total. The highest BCUT2D eigenvalue weighted by Crippen LogP contribution is 2.31. The molecule has 0 unspecified atom stereocenters. The van der Waals surface area contributed by atoms with Gasteiger partial charge in [-0.05, 0) is 25.0 Å². The maximum atomic E-state index is 12.6. The number of carbonyl (C=O) groups excluding carboxylic acids is 1. The fourth-order valence-electron chi connectivity index (χ4n) is 2.17. The van der Waals surface area contributed by atoms with Crippen molar-refractivity contribution < 1.29 is 18.0 Å². The number of pyridine rings is 1. The van der Waals surface area contributed by atoms with Crippen LogP contribution < -0.4 is 5.73 Å². The minimum absolute atomic E-state index is 0. The number of nitrogens with two attached hydrogens (primary N) is 1. The molecule has 0 spiro atoms. The van der Waals surface area contributed by atoms with E-state index in [1.807, 2.05) is 0 Å². The topological polar surface area (TPSA) is 59.2 Å². The number of aromatic nitrogens is 1. The Morgan fingerprint density at radius 1 is 1.52 bits per heavy atom. The highest BCUT2D eigenvalue weighted by Gasteiger charge is 2.35. The summed E-state index contributed by atoms with van der Waals surface area (Å²) in [5.74, 6) is -0.429. The molecule has 118 valence electrons. The summed E-state index contributed by atoms with van der Waals surface area (Å²) in [5.41, 5.74) is 4.77. The first kappa shape index (κ1) is 18.0. The van der Waals surface area contributed by atoms with Gasteiger partial charge in [-0.1, -0.05) is 11.6 Å². The molecule has 1 aromatic rings. The van der Waals surface area contributed by atoms with Crippen molar-refractivity contribution in [2.24, 2.45) is 5.73 Å². The van der Waals surface area contributed by atoms with Crippen molar-refractivity contribution in [3.63, 3.8) is 0 Å². The van der Waals surface area contributed by atoms with Crippen molar-refractivity contribution in [2.45, 2.75) is 25.6 Å². The molecule has 2 N–H and O–H groups in total. The fourth-order valence-corrected chi connectivity index (χ4v) is 2.49. The molecule has 1 atom stereocenters. The van der Waals surface area contributed by atoms with Crippen LogP contribution in [0.15, 0.2) is 6.07 Å². The molecule has 2 heterocycles. The molecule has 1 aliphatic rings. The third-order valence-electron chi connectivity index (χ3n) is 3.19. The van der Waals surface area contributed by atoms with Crippen LogP contribution in [0.4, 0.5) is 13.2 Å². The average molecular weight is 344 g/mol. The number of hydrogen-bond acceptors (Lipinski definition) is 3. The second-order valence-corrected chi connectivity index (χ2v) is 5.15. The first-order valence-corrected chi connectivity index (χ1v) is 6.37. The largest absolute Gasteiger partial charge is 0.433 e. The summed E-state index contributed by atoms with van der Waals surface area (Å²) in [7, 11) is 0. The molecule has 1 aliphatic heterocycles. The summed E-state index contributed by atoms with van der Waals surface area (Å²) in [6.07, 6.45) is -3.93. The summed E-state index contributed by atoms with van der Waals surface area (Å²) in [5, 5.41) is -0.428. The third kappa shape index (κ3) is 3.78. The second-order valence-electron chi connectivity index (χ2n) is 4.79. The maximum Gasteiger partial charge on any atom is 0.433 e. The molecule has 0 aromatic carbocycles. The quantitative estimate of drug-likeness (QED) is 0.797. The van der Waals surface area contributed by atoms with Gasteiger partial charge in [0.25, 0.3) is 5.91 Å². The van der Waals surface area contributed by atoms with Crippen LogP contribution in [0.2, 0.25) is 5.15 Å². The van der Waals surface area contributed by atoms with E-state index in [9.17, 15) is 18.0 Å². The number of rotatable bonds is 1. The van der Waals surface area contributed by atoms with E-state index >= 15 is 0 Å². The summed E-state index contributed by atoms with van der Waals surface area (Å²) in [4.78, 5) is 17.0. The molecule has 0 bridgehead atoms. The zero-order chi connectivity index (χ0) is 15.1. The lowest BCUT2D eigenvalue weighted by Crippen LogP contribution is -2.32. The van der Waals surface area contributed by atoms with Crippen molar-refractivity contribution in [3.8, 4) is 0 Å². The van der Waals surface area contributed by atoms with Crippen LogP contribution in [0.1, 0.15) is 28.0 Å². The lowest BCUT2D eigenvalue weighted by molar-refractivity contribution is -0.141. The Labute approximate surface area is 130 Å². The van der Waals surface area contributed by atoms with Crippen molar-refractivity contribution in [2.75, 3.05) is 13.1 Å². The van der Waals surface area contributed by atoms with Crippen LogP contribution >= 0.6 is 24.0 Å². The zero-order valence-corrected chi connectivity index (χ0v) is 12.6. The number of nitrogens with zero attached hydrogens (tertiary/aromatic N) is 2. The first-order valence-electron chi connectivity index (χ1n) is 5.99. The number of hydrogen-bond donors (Lipinski definition) is 1. The lowest BCUT2D eigenvalue weighted by Gasteiger charge is -2.18.